The van der Waals surface area contributed by atoms with Crippen LogP contribution in [0.4, 0.5) is 15.0 Å². The molecule has 0 unspecified atom stereocenters. The Morgan fingerprint density at radius 3 is 2.38 bits per heavy atom. The molecule has 8 nitrogen and oxygen atoms in total. The van der Waals surface area contributed by atoms with Gasteiger partial charge in [-0.2, -0.15) is 0 Å². The van der Waals surface area contributed by atoms with Crippen molar-refractivity contribution in [3.05, 3.63) is 53.2 Å². The Bertz CT molecular complexity index is 873. The van der Waals surface area contributed by atoms with Crippen molar-refractivity contribution in [1.82, 2.24) is 25.7 Å². The first-order chi connectivity index (χ1) is 14.0. The molecule has 2 aliphatic heterocycles. The maximum absolute atomic E-state index is 14.6. The average molecular weight is 398 g/mol. The first kappa shape index (κ1) is 19.3. The van der Waals surface area contributed by atoms with E-state index in [1.807, 2.05) is 24.3 Å². The molecule has 1 aromatic carbocycles. The molecule has 9 heteroatoms. The summed E-state index contributed by atoms with van der Waals surface area (Å²) in [6.45, 7) is 2.22. The minimum absolute atomic E-state index is 0.0524. The number of fused-ring (bicyclic) bond motifs is 1. The number of piperidine rings is 1. The molecule has 3 heterocycles. The maximum atomic E-state index is 14.6. The molecule has 0 saturated carbocycles. The summed E-state index contributed by atoms with van der Waals surface area (Å²) < 4.78 is 14.6. The van der Waals surface area contributed by atoms with E-state index in [0.29, 0.717) is 39.0 Å². The van der Waals surface area contributed by atoms with E-state index < -0.39 is 11.6 Å². The Labute approximate surface area is 167 Å². The predicted molar refractivity (Wildman–Crippen MR) is 105 cm³/mol. The zero-order valence-corrected chi connectivity index (χ0v) is 15.9. The van der Waals surface area contributed by atoms with Crippen LogP contribution in [0.15, 0.2) is 36.4 Å². The third kappa shape index (κ3) is 4.51. The number of benzene rings is 1. The number of urea groups is 1. The summed E-state index contributed by atoms with van der Waals surface area (Å²) in [5.74, 6) is -0.233. The molecule has 29 heavy (non-hydrogen) atoms. The van der Waals surface area contributed by atoms with Crippen molar-refractivity contribution in [3.63, 3.8) is 0 Å². The lowest BCUT2D eigenvalue weighted by atomic mass is 9.94. The van der Waals surface area contributed by atoms with E-state index in [1.165, 1.54) is 12.1 Å². The summed E-state index contributed by atoms with van der Waals surface area (Å²) >= 11 is 0. The van der Waals surface area contributed by atoms with Crippen LogP contribution in [0.25, 0.3) is 0 Å². The zero-order chi connectivity index (χ0) is 20.3. The number of amides is 3. The van der Waals surface area contributed by atoms with E-state index in [0.717, 1.165) is 11.1 Å². The van der Waals surface area contributed by atoms with Gasteiger partial charge in [-0.05, 0) is 49.2 Å². The number of hydrogen-bond acceptors (Lipinski definition) is 5. The van der Waals surface area contributed by atoms with Crippen LogP contribution in [0.2, 0.25) is 0 Å². The number of alkyl halides is 1. The highest BCUT2D eigenvalue weighted by atomic mass is 19.1. The van der Waals surface area contributed by atoms with Crippen molar-refractivity contribution in [2.75, 3.05) is 25.0 Å². The lowest BCUT2D eigenvalue weighted by Gasteiger charge is -2.29. The van der Waals surface area contributed by atoms with Gasteiger partial charge in [-0.25, -0.2) is 9.18 Å². The van der Waals surface area contributed by atoms with Gasteiger partial charge in [0.05, 0.1) is 6.54 Å². The van der Waals surface area contributed by atoms with Gasteiger partial charge in [-0.3, -0.25) is 10.1 Å². The van der Waals surface area contributed by atoms with E-state index in [1.54, 1.807) is 4.90 Å². The SMILES string of the molecule is O=C(NCC1(F)CCNCC1)c1ccc(NC(=O)N2Cc3ccccc3C2)nn1. The van der Waals surface area contributed by atoms with Crippen LogP contribution in [0.5, 0.6) is 0 Å². The first-order valence-electron chi connectivity index (χ1n) is 9.67. The highest BCUT2D eigenvalue weighted by molar-refractivity contribution is 5.93. The largest absolute Gasteiger partial charge is 0.347 e. The van der Waals surface area contributed by atoms with Crippen LogP contribution >= 0.6 is 0 Å². The van der Waals surface area contributed by atoms with Crippen molar-refractivity contribution >= 4 is 17.8 Å². The molecule has 4 rings (SSSR count). The molecule has 0 aliphatic carbocycles. The van der Waals surface area contributed by atoms with Crippen LogP contribution in [-0.2, 0) is 13.1 Å². The van der Waals surface area contributed by atoms with Gasteiger partial charge in [0.2, 0.25) is 0 Å². The lowest BCUT2D eigenvalue weighted by Crippen LogP contribution is -2.46. The fraction of sp³-hybridized carbons (Fsp3) is 0.400. The van der Waals surface area contributed by atoms with E-state index in [2.05, 4.69) is 26.1 Å². The minimum atomic E-state index is -1.39. The predicted octanol–water partition coefficient (Wildman–Crippen LogP) is 1.85. The molecule has 3 amide bonds. The number of nitrogens with one attached hydrogen (secondary N) is 3. The molecule has 0 bridgehead atoms. The van der Waals surface area contributed by atoms with E-state index in [-0.39, 0.29) is 24.1 Å². The number of hydrogen-bond donors (Lipinski definition) is 3. The normalized spacial score (nSPS) is 17.5. The molecule has 2 aromatic rings. The summed E-state index contributed by atoms with van der Waals surface area (Å²) in [6, 6.07) is 10.6. The highest BCUT2D eigenvalue weighted by Gasteiger charge is 2.32. The van der Waals surface area contributed by atoms with Gasteiger partial charge in [0, 0.05) is 13.1 Å². The Morgan fingerprint density at radius 1 is 1.07 bits per heavy atom. The molecule has 152 valence electrons. The van der Waals surface area contributed by atoms with Gasteiger partial charge in [-0.15, -0.1) is 10.2 Å². The summed E-state index contributed by atoms with van der Waals surface area (Å²) in [5.41, 5.74) is 0.935. The van der Waals surface area contributed by atoms with Gasteiger partial charge >= 0.3 is 6.03 Å². The first-order valence-corrected chi connectivity index (χ1v) is 9.67. The molecule has 0 radical (unpaired) electrons. The summed E-state index contributed by atoms with van der Waals surface area (Å²) in [5, 5.41) is 16.1. The quantitative estimate of drug-likeness (QED) is 0.730. The van der Waals surface area contributed by atoms with E-state index >= 15 is 0 Å². The second kappa shape index (κ2) is 8.12. The highest BCUT2D eigenvalue weighted by Crippen LogP contribution is 2.23. The summed E-state index contributed by atoms with van der Waals surface area (Å²) in [4.78, 5) is 26.3. The average Bonchev–Trinajstić information content (AvgIpc) is 3.18. The van der Waals surface area contributed by atoms with Gasteiger partial charge in [0.1, 0.15) is 5.67 Å². The Hall–Kier alpha value is -3.07. The van der Waals surface area contributed by atoms with Crippen LogP contribution in [0.1, 0.15) is 34.5 Å². The standard InChI is InChI=1S/C20H23FN6O2/c21-20(7-9-22-10-8-20)13-23-18(28)16-5-6-17(26-25-16)24-19(29)27-11-14-3-1-2-4-15(14)12-27/h1-6,22H,7-13H2,(H,23,28)(H,24,26,29). The maximum Gasteiger partial charge on any atom is 0.323 e. The van der Waals surface area contributed by atoms with E-state index in [9.17, 15) is 14.0 Å². The number of rotatable bonds is 4. The summed E-state index contributed by atoms with van der Waals surface area (Å²) in [7, 11) is 0. The molecule has 1 aromatic heterocycles. The fourth-order valence-electron chi connectivity index (χ4n) is 3.57. The monoisotopic (exact) mass is 398 g/mol. The second-order valence-corrected chi connectivity index (χ2v) is 7.44. The van der Waals surface area contributed by atoms with Crippen LogP contribution < -0.4 is 16.0 Å². The van der Waals surface area contributed by atoms with Crippen molar-refractivity contribution in [2.45, 2.75) is 31.6 Å². The lowest BCUT2D eigenvalue weighted by molar-refractivity contribution is 0.0832. The van der Waals surface area contributed by atoms with E-state index in [4.69, 9.17) is 0 Å². The van der Waals surface area contributed by atoms with Crippen molar-refractivity contribution in [2.24, 2.45) is 0 Å². The van der Waals surface area contributed by atoms with Crippen molar-refractivity contribution < 1.29 is 14.0 Å². The minimum Gasteiger partial charge on any atom is -0.347 e. The molecule has 1 saturated heterocycles. The fourth-order valence-corrected chi connectivity index (χ4v) is 3.57. The van der Waals surface area contributed by atoms with Gasteiger partial charge < -0.3 is 15.5 Å². The topological polar surface area (TPSA) is 99.2 Å². The number of nitrogens with zero attached hydrogens (tertiary/aromatic N) is 3. The van der Waals surface area contributed by atoms with Gasteiger partial charge in [-0.1, -0.05) is 24.3 Å². The molecule has 0 spiro atoms. The third-order valence-electron chi connectivity index (χ3n) is 5.33. The number of anilines is 1. The van der Waals surface area contributed by atoms with Crippen molar-refractivity contribution in [1.29, 1.82) is 0 Å². The Morgan fingerprint density at radius 2 is 1.76 bits per heavy atom. The third-order valence-corrected chi connectivity index (χ3v) is 5.33. The number of aromatic nitrogens is 2. The van der Waals surface area contributed by atoms with Gasteiger partial charge in [0.15, 0.2) is 11.5 Å². The Balaban J connectivity index is 1.30. The molecular formula is C20H23FN6O2. The molecular weight excluding hydrogens is 375 g/mol. The van der Waals surface area contributed by atoms with Gasteiger partial charge in [0.25, 0.3) is 5.91 Å². The summed E-state index contributed by atoms with van der Waals surface area (Å²) in [6.07, 6.45) is 0.731. The molecule has 1 fully saturated rings. The molecule has 2 aliphatic rings. The molecule has 3 N–H and O–H groups in total. The number of halogens is 1. The smallest absolute Gasteiger partial charge is 0.323 e. The molecule has 0 atom stereocenters. The number of carbonyl (C=O) groups is 2. The Kier molecular flexibility index (Phi) is 5.39. The second-order valence-electron chi connectivity index (χ2n) is 7.44. The van der Waals surface area contributed by atoms with Crippen LogP contribution in [-0.4, -0.2) is 52.3 Å². The number of carbonyl (C=O) groups excluding carboxylic acids is 2. The van der Waals surface area contributed by atoms with Crippen LogP contribution in [0.3, 0.4) is 0 Å². The van der Waals surface area contributed by atoms with Crippen molar-refractivity contribution in [3.8, 4) is 0 Å². The zero-order valence-electron chi connectivity index (χ0n) is 15.9. The van der Waals surface area contributed by atoms with Crippen LogP contribution in [0, 0.1) is 0 Å².